The smallest absolute Gasteiger partial charge is 0.171 e. The second-order valence-corrected chi connectivity index (χ2v) is 13.2. The average molecular weight is 662 g/mol. The zero-order chi connectivity index (χ0) is 28.2. The molecule has 2 nitrogen and oxygen atoms in total. The highest BCUT2D eigenvalue weighted by Gasteiger charge is 2.04. The number of unbranched alkanes of at least 4 members (excludes halogenated alkanes) is 21. The topological polar surface area (TPSA) is 16.8 Å². The van der Waals surface area contributed by atoms with Crippen LogP contribution in [0.4, 0.5) is 0 Å². The maximum Gasteiger partial charge on any atom is 0.171 e. The van der Waals surface area contributed by atoms with Gasteiger partial charge >= 0.3 is 0 Å². The van der Waals surface area contributed by atoms with Gasteiger partial charge in [-0.05, 0) is 60.6 Å². The van der Waals surface area contributed by atoms with E-state index in [-0.39, 0.29) is 0 Å². The highest BCUT2D eigenvalue weighted by atomic mass is 127. The van der Waals surface area contributed by atoms with Gasteiger partial charge < -0.3 is 0 Å². The Hall–Kier alpha value is -0.970. The van der Waals surface area contributed by atoms with E-state index in [0.717, 1.165) is 0 Å². The summed E-state index contributed by atoms with van der Waals surface area (Å²) < 4.78 is 3.77. The summed E-state index contributed by atoms with van der Waals surface area (Å²) in [5.41, 5.74) is 2.92. The molecular formula is C37H62IN2+. The monoisotopic (exact) mass is 661 g/mol. The first-order chi connectivity index (χ1) is 19.9. The molecule has 2 aromatic rings. The molecule has 0 spiro atoms. The number of alkyl halides is 1. The molecule has 2 aromatic heterocycles. The molecule has 0 unspecified atom stereocenters. The molecule has 0 atom stereocenters. The molecule has 0 saturated heterocycles. The second-order valence-electron chi connectivity index (χ2n) is 12.1. The van der Waals surface area contributed by atoms with E-state index < -0.39 is 0 Å². The van der Waals surface area contributed by atoms with Crippen LogP contribution in [-0.2, 0) is 19.4 Å². The van der Waals surface area contributed by atoms with E-state index in [1.54, 1.807) is 0 Å². The highest BCUT2D eigenvalue weighted by molar-refractivity contribution is 14.1. The molecule has 40 heavy (non-hydrogen) atoms. The summed E-state index contributed by atoms with van der Waals surface area (Å²) in [5, 5.41) is 0. The maximum absolute atomic E-state index is 4.21. The molecule has 0 aliphatic rings. The zero-order valence-electron chi connectivity index (χ0n) is 26.0. The van der Waals surface area contributed by atoms with Gasteiger partial charge in [-0.2, -0.15) is 0 Å². The van der Waals surface area contributed by atoms with Crippen LogP contribution in [0.2, 0.25) is 0 Å². The van der Waals surface area contributed by atoms with Crippen molar-refractivity contribution in [3.05, 3.63) is 60.2 Å². The number of aromatic nitrogens is 2. The van der Waals surface area contributed by atoms with Crippen LogP contribution in [-0.4, -0.2) is 9.41 Å². The van der Waals surface area contributed by atoms with E-state index in [4.69, 9.17) is 0 Å². The van der Waals surface area contributed by atoms with Gasteiger partial charge in [0.25, 0.3) is 0 Å². The largest absolute Gasteiger partial charge is 0.264 e. The molecule has 0 aliphatic heterocycles. The van der Waals surface area contributed by atoms with Crippen LogP contribution >= 0.6 is 22.6 Å². The van der Waals surface area contributed by atoms with E-state index in [1.807, 2.05) is 18.5 Å². The fourth-order valence-electron chi connectivity index (χ4n) is 5.82. The number of rotatable bonds is 28. The van der Waals surface area contributed by atoms with Crippen molar-refractivity contribution >= 4 is 22.6 Å². The molecule has 2 rings (SSSR count). The number of hydrogen-bond donors (Lipinski definition) is 0. The lowest BCUT2D eigenvalue weighted by Gasteiger charge is -2.04. The molecule has 0 aliphatic carbocycles. The molecule has 226 valence electrons. The SMILES string of the molecule is ICCCCCCCCCCCCCCc1ccc[n+](CCCCCCCCCCCCCc2cccnc2)c1. The van der Waals surface area contributed by atoms with Gasteiger partial charge in [0.05, 0.1) is 0 Å². The first kappa shape index (κ1) is 35.2. The minimum absolute atomic E-state index is 1.19. The minimum Gasteiger partial charge on any atom is -0.264 e. The predicted octanol–water partition coefficient (Wildman–Crippen LogP) is 11.6. The number of nitrogens with zero attached hydrogens (tertiary/aromatic N) is 2. The number of halogens is 1. The highest BCUT2D eigenvalue weighted by Crippen LogP contribution is 2.14. The number of hydrogen-bond acceptors (Lipinski definition) is 1. The zero-order valence-corrected chi connectivity index (χ0v) is 28.1. The summed E-state index contributed by atoms with van der Waals surface area (Å²) in [5.74, 6) is 0. The van der Waals surface area contributed by atoms with E-state index in [2.05, 4.69) is 62.7 Å². The molecule has 0 fully saturated rings. The van der Waals surface area contributed by atoms with E-state index in [0.29, 0.717) is 0 Å². The lowest BCUT2D eigenvalue weighted by atomic mass is 10.0. The summed E-state index contributed by atoms with van der Waals surface area (Å²) in [7, 11) is 0. The fraction of sp³-hybridized carbons (Fsp3) is 0.730. The Kier molecular flexibility index (Phi) is 23.7. The molecular weight excluding hydrogens is 599 g/mol. The van der Waals surface area contributed by atoms with Crippen LogP contribution in [0.5, 0.6) is 0 Å². The van der Waals surface area contributed by atoms with Crippen LogP contribution in [0.1, 0.15) is 159 Å². The van der Waals surface area contributed by atoms with E-state index >= 15 is 0 Å². The summed E-state index contributed by atoms with van der Waals surface area (Å²) in [6.45, 7) is 1.19. The van der Waals surface area contributed by atoms with Crippen LogP contribution in [0.3, 0.4) is 0 Å². The summed E-state index contributed by atoms with van der Waals surface area (Å²) in [6.07, 6.45) is 43.5. The van der Waals surface area contributed by atoms with Crippen molar-refractivity contribution in [2.75, 3.05) is 4.43 Å². The van der Waals surface area contributed by atoms with Crippen LogP contribution in [0.25, 0.3) is 0 Å². The van der Waals surface area contributed by atoms with Crippen LogP contribution in [0.15, 0.2) is 49.1 Å². The molecule has 2 heterocycles. The molecule has 0 bridgehead atoms. The Balaban J connectivity index is 1.33. The van der Waals surface area contributed by atoms with Gasteiger partial charge in [0.15, 0.2) is 12.4 Å². The van der Waals surface area contributed by atoms with Gasteiger partial charge in [-0.25, -0.2) is 4.57 Å². The summed E-state index contributed by atoms with van der Waals surface area (Å²) >= 11 is 2.50. The standard InChI is InChI=1S/C37H62IN2/c38-30-22-18-14-10-6-2-1-4-9-13-17-21-27-37-29-25-33-40(35-37)32-23-19-15-11-7-3-5-8-12-16-20-26-36-28-24-31-39-34-36/h24-25,28-29,31,33-35H,1-23,26-27,30,32H2/q+1. The van der Waals surface area contributed by atoms with Gasteiger partial charge in [0, 0.05) is 30.4 Å². The minimum atomic E-state index is 1.19. The van der Waals surface area contributed by atoms with Crippen molar-refractivity contribution < 1.29 is 4.57 Å². The van der Waals surface area contributed by atoms with Crippen LogP contribution < -0.4 is 4.57 Å². The van der Waals surface area contributed by atoms with Gasteiger partial charge in [0.1, 0.15) is 6.54 Å². The van der Waals surface area contributed by atoms with Crippen LogP contribution in [0, 0.1) is 0 Å². The Morgan fingerprint density at radius 2 is 0.950 bits per heavy atom. The molecule has 3 heteroatoms. The van der Waals surface area contributed by atoms with Crippen molar-refractivity contribution in [1.29, 1.82) is 0 Å². The van der Waals surface area contributed by atoms with Gasteiger partial charge in [0.2, 0.25) is 0 Å². The third kappa shape index (κ3) is 20.8. The third-order valence-electron chi connectivity index (χ3n) is 8.37. The number of aryl methyl sites for hydroxylation is 3. The molecule has 0 saturated carbocycles. The molecule has 0 radical (unpaired) electrons. The van der Waals surface area contributed by atoms with E-state index in [1.165, 1.54) is 183 Å². The Labute approximate surface area is 262 Å². The normalized spacial score (nSPS) is 11.3. The lowest BCUT2D eigenvalue weighted by Crippen LogP contribution is -2.33. The Bertz CT molecular complexity index is 794. The molecule has 0 aromatic carbocycles. The second kappa shape index (κ2) is 26.9. The quantitative estimate of drug-likeness (QED) is 0.0384. The number of pyridine rings is 2. The Morgan fingerprint density at radius 3 is 1.45 bits per heavy atom. The maximum atomic E-state index is 4.21. The van der Waals surface area contributed by atoms with Crippen molar-refractivity contribution in [3.63, 3.8) is 0 Å². The summed E-state index contributed by atoms with van der Waals surface area (Å²) in [4.78, 5) is 4.21. The molecule has 0 amide bonds. The van der Waals surface area contributed by atoms with Gasteiger partial charge in [-0.3, -0.25) is 4.98 Å². The lowest BCUT2D eigenvalue weighted by molar-refractivity contribution is -0.697. The van der Waals surface area contributed by atoms with E-state index in [9.17, 15) is 0 Å². The summed E-state index contributed by atoms with van der Waals surface area (Å²) in [6, 6.07) is 8.84. The first-order valence-electron chi connectivity index (χ1n) is 17.3. The van der Waals surface area contributed by atoms with Gasteiger partial charge in [-0.15, -0.1) is 0 Å². The van der Waals surface area contributed by atoms with Crippen molar-refractivity contribution in [2.24, 2.45) is 0 Å². The fourth-order valence-corrected chi connectivity index (χ4v) is 6.35. The first-order valence-corrected chi connectivity index (χ1v) is 18.8. The van der Waals surface area contributed by atoms with Crippen molar-refractivity contribution in [2.45, 2.75) is 167 Å². The third-order valence-corrected chi connectivity index (χ3v) is 9.14. The average Bonchev–Trinajstić information content (AvgIpc) is 2.98. The molecule has 0 N–H and O–H groups in total. The van der Waals surface area contributed by atoms with Gasteiger partial charge in [-0.1, -0.05) is 144 Å². The van der Waals surface area contributed by atoms with Crippen molar-refractivity contribution in [1.82, 2.24) is 4.98 Å². The predicted molar refractivity (Wildman–Crippen MR) is 183 cm³/mol. The van der Waals surface area contributed by atoms with Crippen molar-refractivity contribution in [3.8, 4) is 0 Å². The Morgan fingerprint density at radius 1 is 0.500 bits per heavy atom.